The first-order valence-electron chi connectivity index (χ1n) is 5.68. The number of halogens is 1. The maximum Gasteiger partial charge on any atom is 0.123 e. The van der Waals surface area contributed by atoms with Gasteiger partial charge in [-0.1, -0.05) is 17.3 Å². The lowest BCUT2D eigenvalue weighted by Crippen LogP contribution is -2.00. The summed E-state index contributed by atoms with van der Waals surface area (Å²) in [4.78, 5) is 15.0. The van der Waals surface area contributed by atoms with Crippen molar-refractivity contribution in [1.82, 2.24) is 4.98 Å². The highest BCUT2D eigenvalue weighted by molar-refractivity contribution is 5.24. The Morgan fingerprint density at radius 3 is 2.61 bits per heavy atom. The van der Waals surface area contributed by atoms with Gasteiger partial charge in [-0.25, -0.2) is 4.39 Å². The van der Waals surface area contributed by atoms with Gasteiger partial charge in [-0.3, -0.25) is 4.98 Å². The molecule has 0 bridgehead atoms. The zero-order valence-electron chi connectivity index (χ0n) is 10.0. The van der Waals surface area contributed by atoms with Gasteiger partial charge in [-0.05, 0) is 42.3 Å². The number of aromatic nitrogens is 1. The lowest BCUT2D eigenvalue weighted by Gasteiger charge is -2.09. The van der Waals surface area contributed by atoms with E-state index in [2.05, 4.69) is 10.2 Å². The predicted molar refractivity (Wildman–Crippen MR) is 67.6 cm³/mol. The molecule has 92 valence electrons. The highest BCUT2D eigenvalue weighted by Crippen LogP contribution is 2.22. The molecule has 0 N–H and O–H groups in total. The van der Waals surface area contributed by atoms with Gasteiger partial charge >= 0.3 is 0 Å². The molecule has 0 fully saturated rings. The van der Waals surface area contributed by atoms with Crippen LogP contribution in [-0.2, 0) is 6.42 Å². The van der Waals surface area contributed by atoms with Crippen LogP contribution >= 0.6 is 0 Å². The van der Waals surface area contributed by atoms with E-state index in [-0.39, 0.29) is 5.82 Å². The minimum atomic E-state index is -0.493. The fourth-order valence-corrected chi connectivity index (χ4v) is 1.86. The molecule has 0 amide bonds. The fourth-order valence-electron chi connectivity index (χ4n) is 1.86. The second-order valence-corrected chi connectivity index (χ2v) is 4.18. The van der Waals surface area contributed by atoms with Crippen molar-refractivity contribution >= 4 is 0 Å². The molecule has 2 aromatic rings. The largest absolute Gasteiger partial charge is 0.262 e. The molecule has 1 atom stereocenters. The second-order valence-electron chi connectivity index (χ2n) is 4.18. The summed E-state index contributed by atoms with van der Waals surface area (Å²) in [5.41, 5.74) is 2.62. The van der Waals surface area contributed by atoms with E-state index in [1.54, 1.807) is 18.3 Å². The third kappa shape index (κ3) is 2.97. The Kier molecular flexibility index (Phi) is 3.77. The van der Waals surface area contributed by atoms with Gasteiger partial charge in [0, 0.05) is 18.3 Å². The van der Waals surface area contributed by atoms with Crippen molar-refractivity contribution in [2.45, 2.75) is 19.4 Å². The standard InChI is InChI=1S/C14H13FN2O/c1-10-8-11(6-7-16-10)9-14(17-18)12-2-4-13(15)5-3-12/h2-8,14H,9H2,1H3. The van der Waals surface area contributed by atoms with Crippen molar-refractivity contribution in [2.24, 2.45) is 5.18 Å². The average molecular weight is 244 g/mol. The minimum Gasteiger partial charge on any atom is -0.262 e. The van der Waals surface area contributed by atoms with Gasteiger partial charge in [0.25, 0.3) is 0 Å². The molecule has 2 rings (SSSR count). The molecule has 0 saturated carbocycles. The van der Waals surface area contributed by atoms with Crippen LogP contribution in [0.1, 0.15) is 22.9 Å². The van der Waals surface area contributed by atoms with Crippen LogP contribution in [0.3, 0.4) is 0 Å². The summed E-state index contributed by atoms with van der Waals surface area (Å²) in [6.07, 6.45) is 2.20. The van der Waals surface area contributed by atoms with Crippen molar-refractivity contribution < 1.29 is 4.39 Å². The van der Waals surface area contributed by atoms with Crippen LogP contribution in [0.4, 0.5) is 4.39 Å². The SMILES string of the molecule is Cc1cc(CC(N=O)c2ccc(F)cc2)ccn1. The fraction of sp³-hybridized carbons (Fsp3) is 0.214. The summed E-state index contributed by atoms with van der Waals surface area (Å²) in [7, 11) is 0. The molecule has 3 nitrogen and oxygen atoms in total. The molecule has 1 unspecified atom stereocenters. The van der Waals surface area contributed by atoms with Crippen LogP contribution in [0.5, 0.6) is 0 Å². The summed E-state index contributed by atoms with van der Waals surface area (Å²) in [6.45, 7) is 1.89. The maximum atomic E-state index is 12.8. The quantitative estimate of drug-likeness (QED) is 0.771. The van der Waals surface area contributed by atoms with Crippen LogP contribution in [0, 0.1) is 17.6 Å². The number of hydrogen-bond donors (Lipinski definition) is 0. The molecule has 0 aliphatic rings. The highest BCUT2D eigenvalue weighted by atomic mass is 19.1. The van der Waals surface area contributed by atoms with E-state index in [0.29, 0.717) is 6.42 Å². The number of hydrogen-bond acceptors (Lipinski definition) is 3. The van der Waals surface area contributed by atoms with Crippen molar-refractivity contribution in [3.05, 3.63) is 70.1 Å². The van der Waals surface area contributed by atoms with Crippen LogP contribution < -0.4 is 0 Å². The third-order valence-corrected chi connectivity index (χ3v) is 2.77. The molecule has 4 heteroatoms. The van der Waals surface area contributed by atoms with Crippen molar-refractivity contribution in [2.75, 3.05) is 0 Å². The number of nitrogens with zero attached hydrogens (tertiary/aromatic N) is 2. The number of benzene rings is 1. The number of aryl methyl sites for hydroxylation is 1. The summed E-state index contributed by atoms with van der Waals surface area (Å²) in [5.74, 6) is -0.317. The Balaban J connectivity index is 2.19. The molecule has 0 aliphatic carbocycles. The van der Waals surface area contributed by atoms with Gasteiger partial charge in [0.1, 0.15) is 11.9 Å². The second kappa shape index (κ2) is 5.49. The topological polar surface area (TPSA) is 42.3 Å². The van der Waals surface area contributed by atoms with Crippen LogP contribution in [0.2, 0.25) is 0 Å². The molecular formula is C14H13FN2O. The summed E-state index contributed by atoms with van der Waals surface area (Å²) in [6, 6.07) is 9.14. The maximum absolute atomic E-state index is 12.8. The van der Waals surface area contributed by atoms with Gasteiger partial charge in [0.15, 0.2) is 0 Å². The monoisotopic (exact) mass is 244 g/mol. The molecule has 1 aromatic heterocycles. The molecule has 0 radical (unpaired) electrons. The first kappa shape index (κ1) is 12.4. The van der Waals surface area contributed by atoms with E-state index in [4.69, 9.17) is 0 Å². The number of nitroso groups, excluding NO2 is 1. The zero-order chi connectivity index (χ0) is 13.0. The van der Waals surface area contributed by atoms with Gasteiger partial charge in [0.2, 0.25) is 0 Å². The summed E-state index contributed by atoms with van der Waals surface area (Å²) < 4.78 is 12.8. The van der Waals surface area contributed by atoms with Crippen LogP contribution in [0.15, 0.2) is 47.8 Å². The van der Waals surface area contributed by atoms with E-state index in [9.17, 15) is 9.30 Å². The third-order valence-electron chi connectivity index (χ3n) is 2.77. The highest BCUT2D eigenvalue weighted by Gasteiger charge is 2.13. The first-order chi connectivity index (χ1) is 8.69. The molecule has 0 saturated heterocycles. The first-order valence-corrected chi connectivity index (χ1v) is 5.68. The van der Waals surface area contributed by atoms with Crippen molar-refractivity contribution in [3.8, 4) is 0 Å². The van der Waals surface area contributed by atoms with Gasteiger partial charge in [-0.15, -0.1) is 0 Å². The van der Waals surface area contributed by atoms with Gasteiger partial charge < -0.3 is 0 Å². The lowest BCUT2D eigenvalue weighted by atomic mass is 10.00. The Labute approximate surface area is 105 Å². The Bertz CT molecular complexity index is 540. The summed E-state index contributed by atoms with van der Waals surface area (Å²) >= 11 is 0. The molecule has 1 aromatic carbocycles. The molecule has 0 aliphatic heterocycles. The molecule has 0 spiro atoms. The summed E-state index contributed by atoms with van der Waals surface area (Å²) in [5, 5.41) is 3.12. The van der Waals surface area contributed by atoms with E-state index in [0.717, 1.165) is 16.8 Å². The molecule has 1 heterocycles. The Morgan fingerprint density at radius 2 is 2.00 bits per heavy atom. The predicted octanol–water partition coefficient (Wildman–Crippen LogP) is 3.58. The van der Waals surface area contributed by atoms with Crippen molar-refractivity contribution in [3.63, 3.8) is 0 Å². The van der Waals surface area contributed by atoms with E-state index >= 15 is 0 Å². The van der Waals surface area contributed by atoms with Crippen LogP contribution in [0.25, 0.3) is 0 Å². The number of rotatable bonds is 4. The average Bonchev–Trinajstić information content (AvgIpc) is 2.37. The van der Waals surface area contributed by atoms with E-state index in [1.807, 2.05) is 19.1 Å². The van der Waals surface area contributed by atoms with Crippen molar-refractivity contribution in [1.29, 1.82) is 0 Å². The lowest BCUT2D eigenvalue weighted by molar-refractivity contribution is 0.624. The number of pyridine rings is 1. The Morgan fingerprint density at radius 1 is 1.28 bits per heavy atom. The molecule has 18 heavy (non-hydrogen) atoms. The zero-order valence-corrected chi connectivity index (χ0v) is 10.0. The van der Waals surface area contributed by atoms with E-state index < -0.39 is 6.04 Å². The van der Waals surface area contributed by atoms with E-state index in [1.165, 1.54) is 12.1 Å². The smallest absolute Gasteiger partial charge is 0.123 e. The van der Waals surface area contributed by atoms with Crippen LogP contribution in [-0.4, -0.2) is 4.98 Å². The Hall–Kier alpha value is -2.10. The van der Waals surface area contributed by atoms with Gasteiger partial charge in [0.05, 0.1) is 0 Å². The minimum absolute atomic E-state index is 0.317. The molecular weight excluding hydrogens is 231 g/mol. The van der Waals surface area contributed by atoms with Gasteiger partial charge in [-0.2, -0.15) is 4.91 Å². The normalized spacial score (nSPS) is 12.1.